The van der Waals surface area contributed by atoms with Gasteiger partial charge in [-0.2, -0.15) is 0 Å². The van der Waals surface area contributed by atoms with Gasteiger partial charge in [0, 0.05) is 75.9 Å². The Morgan fingerprint density at radius 3 is 2.19 bits per heavy atom. The van der Waals surface area contributed by atoms with Crippen LogP contribution in [-0.4, -0.2) is 116 Å². The summed E-state index contributed by atoms with van der Waals surface area (Å²) in [5, 5.41) is 0.620. The minimum Gasteiger partial charge on any atom is -0.612 e. The number of pyridine rings is 1. The Labute approximate surface area is 280 Å². The Hall–Kier alpha value is -2.97. The lowest BCUT2D eigenvalue weighted by atomic mass is 9.96. The summed E-state index contributed by atoms with van der Waals surface area (Å²) in [5.74, 6) is -0.587. The Morgan fingerprint density at radius 1 is 0.957 bits per heavy atom. The maximum atomic E-state index is 14.9. The van der Waals surface area contributed by atoms with Gasteiger partial charge in [-0.05, 0) is 87.2 Å². The van der Waals surface area contributed by atoms with Crippen molar-refractivity contribution in [2.24, 2.45) is 0 Å². The maximum Gasteiger partial charge on any atom is 0.219 e. The summed E-state index contributed by atoms with van der Waals surface area (Å²) in [6.45, 7) is 10.5. The molecule has 0 N–H and O–H groups in total. The number of hydrogen-bond acceptors (Lipinski definition) is 9. The van der Waals surface area contributed by atoms with Gasteiger partial charge in [0.25, 0.3) is 0 Å². The van der Waals surface area contributed by atoms with Gasteiger partial charge in [-0.3, -0.25) is 14.7 Å². The summed E-state index contributed by atoms with van der Waals surface area (Å²) in [7, 11) is -4.17. The van der Waals surface area contributed by atoms with Gasteiger partial charge in [-0.15, -0.1) is 0 Å². The van der Waals surface area contributed by atoms with Crippen molar-refractivity contribution in [3.8, 4) is 5.75 Å². The van der Waals surface area contributed by atoms with Crippen molar-refractivity contribution < 1.29 is 26.9 Å². The number of fused-ring (bicyclic) bond motifs is 1. The van der Waals surface area contributed by atoms with E-state index in [0.717, 1.165) is 71.0 Å². The number of aromatic nitrogens is 1. The lowest BCUT2D eigenvalue weighted by Crippen LogP contribution is -2.55. The number of carbonyl (C=O) groups excluding carboxylic acids is 1. The van der Waals surface area contributed by atoms with Gasteiger partial charge in [0.05, 0.1) is 22.7 Å². The summed E-state index contributed by atoms with van der Waals surface area (Å²) in [6, 6.07) is 9.97. The van der Waals surface area contributed by atoms with Gasteiger partial charge >= 0.3 is 0 Å². The van der Waals surface area contributed by atoms with Crippen LogP contribution in [0.25, 0.3) is 10.9 Å². The van der Waals surface area contributed by atoms with Crippen LogP contribution in [0, 0.1) is 5.82 Å². The number of piperazine rings is 1. The zero-order chi connectivity index (χ0) is 33.3. The van der Waals surface area contributed by atoms with Gasteiger partial charge in [-0.1, -0.05) is 0 Å². The highest BCUT2D eigenvalue weighted by molar-refractivity contribution is 7.91. The number of rotatable bonds is 8. The number of halogens is 1. The molecule has 3 aliphatic heterocycles. The first-order valence-corrected chi connectivity index (χ1v) is 19.5. The molecule has 47 heavy (non-hydrogen) atoms. The Balaban J connectivity index is 1.21. The fourth-order valence-corrected chi connectivity index (χ4v) is 9.35. The zero-order valence-electron chi connectivity index (χ0n) is 27.4. The van der Waals surface area contributed by atoms with E-state index in [1.165, 1.54) is 18.3 Å². The average Bonchev–Trinajstić information content (AvgIpc) is 3.08. The van der Waals surface area contributed by atoms with Gasteiger partial charge in [-0.25, -0.2) is 12.8 Å². The monoisotopic (exact) mass is 685 g/mol. The third kappa shape index (κ3) is 7.10. The number of ether oxygens (including phenoxy) is 1. The Bertz CT molecular complexity index is 1700. The minimum atomic E-state index is -4.17. The third-order valence-electron chi connectivity index (χ3n) is 9.98. The fraction of sp³-hybridized carbons (Fsp3) is 0.529. The molecule has 1 amide bonds. The minimum absolute atomic E-state index is 0.0000349. The van der Waals surface area contributed by atoms with Crippen molar-refractivity contribution in [1.82, 2.24) is 19.7 Å². The van der Waals surface area contributed by atoms with Crippen LogP contribution in [0.1, 0.15) is 39.5 Å². The van der Waals surface area contributed by atoms with Crippen LogP contribution in [0.15, 0.2) is 57.3 Å². The van der Waals surface area contributed by atoms with E-state index in [2.05, 4.69) is 19.7 Å². The number of hydrogen-bond donors (Lipinski definition) is 0. The van der Waals surface area contributed by atoms with Crippen molar-refractivity contribution in [2.75, 3.05) is 70.1 Å². The van der Waals surface area contributed by atoms with Crippen LogP contribution < -0.4 is 9.64 Å². The van der Waals surface area contributed by atoms with Crippen molar-refractivity contribution >= 4 is 43.5 Å². The van der Waals surface area contributed by atoms with Crippen LogP contribution >= 0.6 is 0 Å². The summed E-state index contributed by atoms with van der Waals surface area (Å²) in [4.78, 5) is 25.8. The van der Waals surface area contributed by atoms with Gasteiger partial charge in [0.15, 0.2) is 16.5 Å². The standard InChI is InChI=1S/C34H44FN5O5S2/c1-4-45-32-8-6-28(22-30(32)35)47(43,44)33-23-36-31-7-5-27(46(3)42)21-29(31)34(33)40-15-11-25(12-16-40)38-13-9-26(10-14-38)39-19-17-37(18-20-39)24(2)41/h5-8,21-23,25-26H,4,9-20H2,1-3H3. The van der Waals surface area contributed by atoms with E-state index in [4.69, 9.17) is 4.74 Å². The average molecular weight is 686 g/mol. The van der Waals surface area contributed by atoms with E-state index in [9.17, 15) is 22.2 Å². The molecule has 0 aliphatic carbocycles. The second-order valence-electron chi connectivity index (χ2n) is 12.7. The molecule has 0 spiro atoms. The predicted octanol–water partition coefficient (Wildman–Crippen LogP) is 3.94. The SMILES string of the molecule is CCOc1ccc(S(=O)(=O)c2cnc3ccc([S+](C)[O-])cc3c2N2CCC(N3CCC(N4CCN(C(C)=O)CC4)CC3)CC2)cc1F. The van der Waals surface area contributed by atoms with Crippen LogP contribution in [0.4, 0.5) is 10.1 Å². The molecular weight excluding hydrogens is 642 g/mol. The highest BCUT2D eigenvalue weighted by Gasteiger charge is 2.34. The number of likely N-dealkylation sites (tertiary alicyclic amines) is 1. The van der Waals surface area contributed by atoms with Gasteiger partial charge < -0.3 is 24.0 Å². The van der Waals surface area contributed by atoms with Crippen LogP contribution in [0.2, 0.25) is 0 Å². The van der Waals surface area contributed by atoms with Crippen LogP contribution in [0.3, 0.4) is 0 Å². The molecule has 4 heterocycles. The highest BCUT2D eigenvalue weighted by Crippen LogP contribution is 2.39. The Kier molecular flexibility index (Phi) is 10.3. The quantitative estimate of drug-likeness (QED) is 0.326. The number of anilines is 1. The molecule has 0 bridgehead atoms. The molecule has 2 aromatic carbocycles. The summed E-state index contributed by atoms with van der Waals surface area (Å²) >= 11 is -1.27. The normalized spacial score (nSPS) is 20.1. The number of piperidine rings is 2. The number of benzene rings is 2. The number of carbonyl (C=O) groups is 1. The van der Waals surface area contributed by atoms with Crippen molar-refractivity contribution in [3.63, 3.8) is 0 Å². The summed E-state index contributed by atoms with van der Waals surface area (Å²) < 4.78 is 60.9. The molecule has 3 fully saturated rings. The zero-order valence-corrected chi connectivity index (χ0v) is 29.0. The van der Waals surface area contributed by atoms with Crippen molar-refractivity contribution in [2.45, 2.75) is 66.3 Å². The smallest absolute Gasteiger partial charge is 0.219 e. The molecule has 1 unspecified atom stereocenters. The van der Waals surface area contributed by atoms with Gasteiger partial charge in [0.1, 0.15) is 11.2 Å². The molecule has 3 saturated heterocycles. The Morgan fingerprint density at radius 2 is 1.60 bits per heavy atom. The molecule has 0 radical (unpaired) electrons. The maximum absolute atomic E-state index is 14.9. The predicted molar refractivity (Wildman–Crippen MR) is 181 cm³/mol. The first-order valence-electron chi connectivity index (χ1n) is 16.5. The van der Waals surface area contributed by atoms with Crippen LogP contribution in [0.5, 0.6) is 5.75 Å². The molecule has 0 saturated carbocycles. The molecule has 254 valence electrons. The first kappa shape index (κ1) is 33.9. The lowest BCUT2D eigenvalue weighted by molar-refractivity contribution is -0.131. The highest BCUT2D eigenvalue weighted by atomic mass is 32.2. The van der Waals surface area contributed by atoms with Crippen LogP contribution in [-0.2, 0) is 25.8 Å². The van der Waals surface area contributed by atoms with E-state index < -0.39 is 26.8 Å². The lowest BCUT2D eigenvalue weighted by Gasteiger charge is -2.46. The first-order chi connectivity index (χ1) is 22.6. The van der Waals surface area contributed by atoms with E-state index in [1.54, 1.807) is 38.3 Å². The van der Waals surface area contributed by atoms with E-state index >= 15 is 0 Å². The fourth-order valence-electron chi connectivity index (χ4n) is 7.36. The molecule has 6 rings (SSSR count). The summed E-state index contributed by atoms with van der Waals surface area (Å²) in [6.07, 6.45) is 6.93. The molecule has 3 aromatic rings. The number of amides is 1. The number of sulfone groups is 1. The second kappa shape index (κ2) is 14.3. The molecular formula is C34H44FN5O5S2. The van der Waals surface area contributed by atoms with Gasteiger partial charge in [0.2, 0.25) is 15.7 Å². The molecule has 3 aliphatic rings. The van der Waals surface area contributed by atoms with Crippen molar-refractivity contribution in [1.29, 1.82) is 0 Å². The molecule has 1 aromatic heterocycles. The van der Waals surface area contributed by atoms with E-state index in [0.29, 0.717) is 46.7 Å². The second-order valence-corrected chi connectivity index (χ2v) is 16.0. The van der Waals surface area contributed by atoms with E-state index in [1.807, 2.05) is 4.90 Å². The summed E-state index contributed by atoms with van der Waals surface area (Å²) in [5.41, 5.74) is 1.14. The molecule has 1 atom stereocenters. The number of nitrogens with zero attached hydrogens (tertiary/aromatic N) is 5. The third-order valence-corrected chi connectivity index (χ3v) is 12.7. The topological polar surface area (TPSA) is 109 Å². The van der Waals surface area contributed by atoms with E-state index in [-0.39, 0.29) is 28.1 Å². The molecule has 10 nitrogen and oxygen atoms in total. The largest absolute Gasteiger partial charge is 0.612 e. The van der Waals surface area contributed by atoms with Crippen molar-refractivity contribution in [3.05, 3.63) is 48.4 Å². The molecule has 13 heteroatoms.